The van der Waals surface area contributed by atoms with Crippen LogP contribution in [0.15, 0.2) is 71.5 Å². The quantitative estimate of drug-likeness (QED) is 0.680. The summed E-state index contributed by atoms with van der Waals surface area (Å²) in [5, 5.41) is 6.90. The molecule has 2 aliphatic rings. The maximum absolute atomic E-state index is 13.2. The van der Waals surface area contributed by atoms with E-state index < -0.39 is 5.41 Å². The third-order valence-electron chi connectivity index (χ3n) is 5.64. The van der Waals surface area contributed by atoms with Gasteiger partial charge in [-0.1, -0.05) is 36.4 Å². The molecular weight excluding hydrogens is 364 g/mol. The number of ether oxygens (including phenoxy) is 2. The van der Waals surface area contributed by atoms with Gasteiger partial charge < -0.3 is 9.47 Å². The summed E-state index contributed by atoms with van der Waals surface area (Å²) in [4.78, 5) is 13.2. The second-order valence-corrected chi connectivity index (χ2v) is 7.38. The van der Waals surface area contributed by atoms with Crippen molar-refractivity contribution in [3.63, 3.8) is 0 Å². The molecule has 0 bridgehead atoms. The molecule has 0 saturated heterocycles. The van der Waals surface area contributed by atoms with Gasteiger partial charge in [0.1, 0.15) is 11.2 Å². The van der Waals surface area contributed by atoms with Gasteiger partial charge in [-0.25, -0.2) is 5.01 Å². The van der Waals surface area contributed by atoms with Crippen LogP contribution in [-0.4, -0.2) is 25.4 Å². The highest BCUT2D eigenvalue weighted by molar-refractivity contribution is 6.06. The number of hydrogen-bond donors (Lipinski definition) is 0. The number of fused-ring (bicyclic) bond motifs is 1. The van der Waals surface area contributed by atoms with Crippen LogP contribution in [0.1, 0.15) is 38.2 Å². The predicted molar refractivity (Wildman–Crippen MR) is 114 cm³/mol. The van der Waals surface area contributed by atoms with Gasteiger partial charge in [0, 0.05) is 6.42 Å². The summed E-state index contributed by atoms with van der Waals surface area (Å²) in [6.45, 7) is 2.23. The van der Waals surface area contributed by atoms with E-state index in [2.05, 4.69) is 6.08 Å². The average molecular weight is 390 g/mol. The third kappa shape index (κ3) is 3.53. The summed E-state index contributed by atoms with van der Waals surface area (Å²) in [5.41, 5.74) is 3.04. The molecule has 0 saturated carbocycles. The number of hydrazone groups is 1. The summed E-state index contributed by atoms with van der Waals surface area (Å²) in [7, 11) is 1.65. The molecule has 5 heteroatoms. The van der Waals surface area contributed by atoms with Crippen LogP contribution in [0, 0.1) is 5.41 Å². The molecule has 0 fully saturated rings. The molecule has 0 amide bonds. The lowest BCUT2D eigenvalue weighted by Gasteiger charge is -2.44. The maximum Gasteiger partial charge on any atom is 0.318 e. The fourth-order valence-electron chi connectivity index (χ4n) is 4.19. The Balaban J connectivity index is 1.86. The van der Waals surface area contributed by atoms with Gasteiger partial charge in [-0.05, 0) is 56.0 Å². The molecule has 2 aromatic rings. The number of benzene rings is 2. The Morgan fingerprint density at radius 3 is 2.59 bits per heavy atom. The fourth-order valence-corrected chi connectivity index (χ4v) is 4.19. The normalized spacial score (nSPS) is 21.0. The van der Waals surface area contributed by atoms with Crippen molar-refractivity contribution in [2.75, 3.05) is 18.7 Å². The smallest absolute Gasteiger partial charge is 0.318 e. The van der Waals surface area contributed by atoms with E-state index in [1.54, 1.807) is 7.11 Å². The minimum absolute atomic E-state index is 0.159. The maximum atomic E-state index is 13.2. The van der Waals surface area contributed by atoms with E-state index in [1.165, 1.54) is 0 Å². The van der Waals surface area contributed by atoms with Crippen LogP contribution in [0.4, 0.5) is 5.69 Å². The van der Waals surface area contributed by atoms with Gasteiger partial charge in [0.25, 0.3) is 0 Å². The van der Waals surface area contributed by atoms with Gasteiger partial charge in [-0.2, -0.15) is 5.10 Å². The zero-order valence-electron chi connectivity index (χ0n) is 16.9. The Hall–Kier alpha value is -3.08. The van der Waals surface area contributed by atoms with E-state index in [0.29, 0.717) is 13.0 Å². The highest BCUT2D eigenvalue weighted by Crippen LogP contribution is 2.48. The van der Waals surface area contributed by atoms with E-state index in [-0.39, 0.29) is 5.97 Å². The van der Waals surface area contributed by atoms with Gasteiger partial charge in [0.15, 0.2) is 0 Å². The molecule has 1 aliphatic carbocycles. The Bertz CT molecular complexity index is 934. The van der Waals surface area contributed by atoms with Gasteiger partial charge >= 0.3 is 5.97 Å². The van der Waals surface area contributed by atoms with Crippen molar-refractivity contribution in [2.45, 2.75) is 32.6 Å². The predicted octanol–water partition coefficient (Wildman–Crippen LogP) is 4.93. The lowest BCUT2D eigenvalue weighted by Crippen LogP contribution is -2.47. The van der Waals surface area contributed by atoms with E-state index in [1.807, 2.05) is 66.5 Å². The van der Waals surface area contributed by atoms with Crippen molar-refractivity contribution >= 4 is 17.4 Å². The fraction of sp³-hybridized carbons (Fsp3) is 0.333. The molecular formula is C24H26N2O3. The molecule has 0 radical (unpaired) electrons. The number of allylic oxidation sites excluding steroid dienone is 1. The van der Waals surface area contributed by atoms with Crippen LogP contribution in [-0.2, 0) is 9.53 Å². The molecule has 0 spiro atoms. The molecule has 29 heavy (non-hydrogen) atoms. The Kier molecular flexibility index (Phi) is 5.38. The number of carbonyl (C=O) groups excluding carboxylic acids is 1. The third-order valence-corrected chi connectivity index (χ3v) is 5.64. The second kappa shape index (κ2) is 8.11. The Morgan fingerprint density at radius 1 is 1.14 bits per heavy atom. The zero-order valence-corrected chi connectivity index (χ0v) is 16.9. The van der Waals surface area contributed by atoms with Crippen molar-refractivity contribution in [2.24, 2.45) is 10.5 Å². The number of carbonyl (C=O) groups is 1. The highest BCUT2D eigenvalue weighted by atomic mass is 16.5. The molecule has 0 aromatic heterocycles. The lowest BCUT2D eigenvalue weighted by atomic mass is 9.70. The van der Waals surface area contributed by atoms with Crippen LogP contribution < -0.4 is 9.75 Å². The van der Waals surface area contributed by atoms with Gasteiger partial charge in [0.2, 0.25) is 0 Å². The first-order chi connectivity index (χ1) is 14.2. The lowest BCUT2D eigenvalue weighted by molar-refractivity contribution is -0.153. The van der Waals surface area contributed by atoms with Crippen molar-refractivity contribution in [1.29, 1.82) is 0 Å². The van der Waals surface area contributed by atoms with Crippen molar-refractivity contribution in [3.05, 3.63) is 71.9 Å². The average Bonchev–Trinajstić information content (AvgIpc) is 2.79. The van der Waals surface area contributed by atoms with Gasteiger partial charge in [0.05, 0.1) is 30.8 Å². The molecule has 2 aromatic carbocycles. The van der Waals surface area contributed by atoms with E-state index in [0.717, 1.165) is 47.7 Å². The number of methoxy groups -OCH3 is 1. The molecule has 4 rings (SSSR count). The van der Waals surface area contributed by atoms with Crippen LogP contribution >= 0.6 is 0 Å². The summed E-state index contributed by atoms with van der Waals surface area (Å²) < 4.78 is 10.9. The second-order valence-electron chi connectivity index (χ2n) is 7.38. The van der Waals surface area contributed by atoms with Gasteiger partial charge in [-0.15, -0.1) is 0 Å². The summed E-state index contributed by atoms with van der Waals surface area (Å²) in [6, 6.07) is 17.8. The van der Waals surface area contributed by atoms with Crippen LogP contribution in [0.25, 0.3) is 0 Å². The van der Waals surface area contributed by atoms with E-state index in [9.17, 15) is 4.79 Å². The SMILES string of the molecule is CCOC(=O)C12CCCC=C1N(c1ccc(OC)cc1)N=C(c1ccccc1)C2. The molecule has 1 atom stereocenters. The van der Waals surface area contributed by atoms with Gasteiger partial charge in [-0.3, -0.25) is 4.79 Å². The first-order valence-electron chi connectivity index (χ1n) is 10.1. The van der Waals surface area contributed by atoms with Crippen LogP contribution in [0.2, 0.25) is 0 Å². The zero-order chi connectivity index (χ0) is 20.3. The van der Waals surface area contributed by atoms with E-state index >= 15 is 0 Å². The number of esters is 1. The minimum atomic E-state index is -0.707. The molecule has 0 N–H and O–H groups in total. The van der Waals surface area contributed by atoms with E-state index in [4.69, 9.17) is 14.6 Å². The molecule has 1 heterocycles. The minimum Gasteiger partial charge on any atom is -0.497 e. The van der Waals surface area contributed by atoms with Crippen molar-refractivity contribution < 1.29 is 14.3 Å². The molecule has 1 aliphatic heterocycles. The number of anilines is 1. The summed E-state index contributed by atoms with van der Waals surface area (Å²) in [6.07, 6.45) is 5.35. The summed E-state index contributed by atoms with van der Waals surface area (Å²) >= 11 is 0. The number of nitrogens with zero attached hydrogens (tertiary/aromatic N) is 2. The topological polar surface area (TPSA) is 51.1 Å². The van der Waals surface area contributed by atoms with Crippen LogP contribution in [0.3, 0.4) is 0 Å². The highest BCUT2D eigenvalue weighted by Gasteiger charge is 2.50. The first kappa shape index (κ1) is 19.2. The largest absolute Gasteiger partial charge is 0.497 e. The summed E-state index contributed by atoms with van der Waals surface area (Å²) in [5.74, 6) is 0.625. The van der Waals surface area contributed by atoms with Crippen molar-refractivity contribution in [1.82, 2.24) is 0 Å². The monoisotopic (exact) mass is 390 g/mol. The van der Waals surface area contributed by atoms with Crippen LogP contribution in [0.5, 0.6) is 5.75 Å². The molecule has 150 valence electrons. The molecule has 1 unspecified atom stereocenters. The standard InChI is InChI=1S/C24H26N2O3/c1-3-29-23(27)24-16-8-7-11-22(24)26(19-12-14-20(28-2)15-13-19)25-21(17-24)18-9-5-4-6-10-18/h4-6,9-15H,3,7-8,16-17H2,1-2H3. The first-order valence-corrected chi connectivity index (χ1v) is 10.1. The Morgan fingerprint density at radius 2 is 1.90 bits per heavy atom. The number of hydrogen-bond acceptors (Lipinski definition) is 5. The Labute approximate surface area is 171 Å². The molecule has 5 nitrogen and oxygen atoms in total. The van der Waals surface area contributed by atoms with Crippen molar-refractivity contribution in [3.8, 4) is 5.75 Å². The number of rotatable bonds is 5.